The van der Waals surface area contributed by atoms with Crippen molar-refractivity contribution in [1.29, 1.82) is 0 Å². The molecule has 4 rings (SSSR count). The van der Waals surface area contributed by atoms with Crippen LogP contribution in [0.25, 0.3) is 17.1 Å². The molecule has 0 aliphatic heterocycles. The van der Waals surface area contributed by atoms with Gasteiger partial charge in [0.1, 0.15) is 0 Å². The van der Waals surface area contributed by atoms with Gasteiger partial charge in [-0.3, -0.25) is 14.4 Å². The van der Waals surface area contributed by atoms with Gasteiger partial charge in [-0.2, -0.15) is 5.10 Å². The molecule has 2 N–H and O–H groups in total. The summed E-state index contributed by atoms with van der Waals surface area (Å²) >= 11 is 5.46. The molecular weight excluding hydrogens is 416 g/mol. The second-order valence-electron chi connectivity index (χ2n) is 6.90. The Bertz CT molecular complexity index is 1360. The lowest BCUT2D eigenvalue weighted by molar-refractivity contribution is 0.601. The fraction of sp³-hybridized carbons (Fsp3) is 0.0909. The van der Waals surface area contributed by atoms with Crippen LogP contribution in [0.4, 0.5) is 5.69 Å². The van der Waals surface area contributed by atoms with Gasteiger partial charge in [0.05, 0.1) is 10.6 Å². The molecule has 30 heavy (non-hydrogen) atoms. The Morgan fingerprint density at radius 3 is 2.33 bits per heavy atom. The predicted molar refractivity (Wildman–Crippen MR) is 121 cm³/mol. The Morgan fingerprint density at radius 2 is 1.63 bits per heavy atom. The SMILES string of the molecule is Cc1cccc(-n2c(-c3ccc(NS(=O)(=O)c4ccccc4)cc3)n[nH]c2=S)c1C. The standard InChI is InChI=1S/C22H20N4O2S2/c1-15-7-6-10-20(16(15)2)26-21(23-24-22(26)29)17-11-13-18(14-12-17)25-30(27,28)19-8-4-3-5-9-19/h3-14,25H,1-2H3,(H,24,29). The first-order valence-electron chi connectivity index (χ1n) is 9.29. The highest BCUT2D eigenvalue weighted by atomic mass is 32.2. The summed E-state index contributed by atoms with van der Waals surface area (Å²) in [5, 5.41) is 7.25. The van der Waals surface area contributed by atoms with Crippen LogP contribution in [-0.4, -0.2) is 23.2 Å². The minimum atomic E-state index is -3.64. The van der Waals surface area contributed by atoms with Gasteiger partial charge in [0.2, 0.25) is 0 Å². The van der Waals surface area contributed by atoms with Crippen molar-refractivity contribution < 1.29 is 8.42 Å². The summed E-state index contributed by atoms with van der Waals surface area (Å²) in [6.45, 7) is 4.10. The third-order valence-corrected chi connectivity index (χ3v) is 6.61. The van der Waals surface area contributed by atoms with Crippen LogP contribution in [0.2, 0.25) is 0 Å². The average Bonchev–Trinajstić information content (AvgIpc) is 3.12. The van der Waals surface area contributed by atoms with Crippen molar-refractivity contribution >= 4 is 27.9 Å². The first-order chi connectivity index (χ1) is 14.4. The lowest BCUT2D eigenvalue weighted by Crippen LogP contribution is -2.12. The lowest BCUT2D eigenvalue weighted by Gasteiger charge is -2.12. The van der Waals surface area contributed by atoms with Gasteiger partial charge in [0.25, 0.3) is 10.0 Å². The number of benzene rings is 3. The van der Waals surface area contributed by atoms with Crippen LogP contribution >= 0.6 is 12.2 Å². The van der Waals surface area contributed by atoms with E-state index in [-0.39, 0.29) is 4.90 Å². The second-order valence-corrected chi connectivity index (χ2v) is 8.97. The van der Waals surface area contributed by atoms with Crippen molar-refractivity contribution in [3.8, 4) is 17.1 Å². The zero-order valence-electron chi connectivity index (χ0n) is 16.5. The van der Waals surface area contributed by atoms with Gasteiger partial charge in [0.15, 0.2) is 10.6 Å². The minimum Gasteiger partial charge on any atom is -0.280 e. The fourth-order valence-electron chi connectivity index (χ4n) is 3.19. The van der Waals surface area contributed by atoms with E-state index in [0.29, 0.717) is 16.3 Å². The molecule has 0 bridgehead atoms. The molecule has 0 atom stereocenters. The molecule has 0 spiro atoms. The average molecular weight is 437 g/mol. The number of aromatic nitrogens is 3. The van der Waals surface area contributed by atoms with Gasteiger partial charge in [-0.1, -0.05) is 30.3 Å². The highest BCUT2D eigenvalue weighted by Crippen LogP contribution is 2.26. The number of aromatic amines is 1. The monoisotopic (exact) mass is 436 g/mol. The molecule has 4 aromatic rings. The van der Waals surface area contributed by atoms with Crippen molar-refractivity contribution in [2.75, 3.05) is 4.72 Å². The molecule has 3 aromatic carbocycles. The molecule has 0 radical (unpaired) electrons. The van der Waals surface area contributed by atoms with Crippen molar-refractivity contribution in [1.82, 2.24) is 14.8 Å². The van der Waals surface area contributed by atoms with E-state index in [1.54, 1.807) is 42.5 Å². The van der Waals surface area contributed by atoms with E-state index >= 15 is 0 Å². The summed E-state index contributed by atoms with van der Waals surface area (Å²) in [5.41, 5.74) is 4.51. The zero-order chi connectivity index (χ0) is 21.3. The fourth-order valence-corrected chi connectivity index (χ4v) is 4.50. The zero-order valence-corrected chi connectivity index (χ0v) is 18.1. The molecule has 1 aromatic heterocycles. The van der Waals surface area contributed by atoms with Gasteiger partial charge in [-0.15, -0.1) is 0 Å². The van der Waals surface area contributed by atoms with Crippen LogP contribution in [-0.2, 0) is 10.0 Å². The smallest absolute Gasteiger partial charge is 0.261 e. The van der Waals surface area contributed by atoms with Crippen LogP contribution in [0.15, 0.2) is 77.7 Å². The van der Waals surface area contributed by atoms with Crippen LogP contribution in [0.3, 0.4) is 0 Å². The molecule has 0 aliphatic carbocycles. The molecule has 0 saturated carbocycles. The summed E-state index contributed by atoms with van der Waals surface area (Å²) in [6.07, 6.45) is 0. The van der Waals surface area contributed by atoms with Crippen molar-refractivity contribution in [3.05, 3.63) is 88.7 Å². The summed E-state index contributed by atoms with van der Waals surface area (Å²) < 4.78 is 30.0. The number of anilines is 1. The van der Waals surface area contributed by atoms with E-state index in [0.717, 1.165) is 22.4 Å². The van der Waals surface area contributed by atoms with E-state index in [1.807, 2.05) is 35.8 Å². The lowest BCUT2D eigenvalue weighted by atomic mass is 10.1. The first kappa shape index (κ1) is 20.1. The third-order valence-electron chi connectivity index (χ3n) is 4.94. The number of nitrogens with one attached hydrogen (secondary N) is 2. The predicted octanol–water partition coefficient (Wildman–Crippen LogP) is 5.01. The Balaban J connectivity index is 1.68. The Morgan fingerprint density at radius 1 is 0.933 bits per heavy atom. The molecule has 1 heterocycles. The molecule has 8 heteroatoms. The van der Waals surface area contributed by atoms with Gasteiger partial charge in [-0.25, -0.2) is 8.42 Å². The van der Waals surface area contributed by atoms with Crippen LogP contribution in [0.5, 0.6) is 0 Å². The number of aryl methyl sites for hydroxylation is 1. The topological polar surface area (TPSA) is 79.8 Å². The number of hydrogen-bond acceptors (Lipinski definition) is 4. The van der Waals surface area contributed by atoms with Gasteiger partial charge < -0.3 is 0 Å². The molecule has 0 aliphatic rings. The van der Waals surface area contributed by atoms with Gasteiger partial charge >= 0.3 is 0 Å². The molecular formula is C22H20N4O2S2. The maximum atomic E-state index is 12.5. The Labute approximate surface area is 180 Å². The van der Waals surface area contributed by atoms with E-state index in [1.165, 1.54) is 0 Å². The molecule has 6 nitrogen and oxygen atoms in total. The summed E-state index contributed by atoms with van der Waals surface area (Å²) in [5.74, 6) is 0.658. The normalized spacial score (nSPS) is 11.4. The number of sulfonamides is 1. The van der Waals surface area contributed by atoms with Crippen LogP contribution in [0.1, 0.15) is 11.1 Å². The van der Waals surface area contributed by atoms with Crippen molar-refractivity contribution in [3.63, 3.8) is 0 Å². The first-order valence-corrected chi connectivity index (χ1v) is 11.2. The quantitative estimate of drug-likeness (QED) is 0.431. The number of nitrogens with zero attached hydrogens (tertiary/aromatic N) is 2. The van der Waals surface area contributed by atoms with Crippen molar-refractivity contribution in [2.24, 2.45) is 0 Å². The van der Waals surface area contributed by atoms with E-state index < -0.39 is 10.0 Å². The molecule has 0 unspecified atom stereocenters. The van der Waals surface area contributed by atoms with E-state index in [9.17, 15) is 8.42 Å². The molecule has 0 saturated heterocycles. The summed E-state index contributed by atoms with van der Waals surface area (Å²) in [7, 11) is -3.64. The minimum absolute atomic E-state index is 0.213. The largest absolute Gasteiger partial charge is 0.280 e. The number of H-pyrrole nitrogens is 1. The van der Waals surface area contributed by atoms with Crippen LogP contribution < -0.4 is 4.72 Å². The van der Waals surface area contributed by atoms with Gasteiger partial charge in [-0.05, 0) is 79.7 Å². The molecule has 0 amide bonds. The highest BCUT2D eigenvalue weighted by Gasteiger charge is 2.15. The van der Waals surface area contributed by atoms with Gasteiger partial charge in [0, 0.05) is 11.3 Å². The third kappa shape index (κ3) is 3.79. The molecule has 152 valence electrons. The summed E-state index contributed by atoms with van der Waals surface area (Å²) in [6, 6.07) is 21.3. The Hall–Kier alpha value is -3.23. The maximum Gasteiger partial charge on any atom is 0.261 e. The van der Waals surface area contributed by atoms with E-state index in [4.69, 9.17) is 12.2 Å². The second kappa shape index (κ2) is 7.89. The summed E-state index contributed by atoms with van der Waals surface area (Å²) in [4.78, 5) is 0.213. The van der Waals surface area contributed by atoms with Crippen LogP contribution in [0, 0.1) is 18.6 Å². The van der Waals surface area contributed by atoms with E-state index in [2.05, 4.69) is 27.9 Å². The maximum absolute atomic E-state index is 12.5. The highest BCUT2D eigenvalue weighted by molar-refractivity contribution is 7.92. The number of hydrogen-bond donors (Lipinski definition) is 2. The van der Waals surface area contributed by atoms with Crippen molar-refractivity contribution in [2.45, 2.75) is 18.7 Å². The molecule has 0 fully saturated rings. The Kier molecular flexibility index (Phi) is 5.27. The number of rotatable bonds is 5.